The van der Waals surface area contributed by atoms with Gasteiger partial charge < -0.3 is 9.11 Å². The Morgan fingerprint density at radius 2 is 2.18 bits per heavy atom. The molecule has 0 aliphatic heterocycles. The van der Waals surface area contributed by atoms with E-state index in [4.69, 9.17) is 13.3 Å². The maximum absolute atomic E-state index is 8.56. The SMILES string of the molecule is O=S([O-])O.Sn1ccnn1.[Na+]. The third kappa shape index (κ3) is 13.5. The first-order valence-corrected chi connectivity index (χ1v) is 3.40. The summed E-state index contributed by atoms with van der Waals surface area (Å²) in [6.45, 7) is 0. The number of thiol groups is 1. The smallest absolute Gasteiger partial charge is 0.750 e. The van der Waals surface area contributed by atoms with Crippen LogP contribution in [0.1, 0.15) is 0 Å². The molecule has 0 saturated heterocycles. The second-order valence-electron chi connectivity index (χ2n) is 1.04. The number of hydrogen-bond acceptors (Lipinski definition) is 5. The molecule has 0 radical (unpaired) electrons. The molecule has 9 heteroatoms. The van der Waals surface area contributed by atoms with Gasteiger partial charge in [0, 0.05) is 0 Å². The molecule has 1 aromatic rings. The minimum absolute atomic E-state index is 0. The Labute approximate surface area is 93.3 Å². The summed E-state index contributed by atoms with van der Waals surface area (Å²) >= 11 is 0.917. The van der Waals surface area contributed by atoms with Crippen LogP contribution in [-0.2, 0) is 11.4 Å². The summed E-state index contributed by atoms with van der Waals surface area (Å²) in [5.74, 6) is 0. The van der Waals surface area contributed by atoms with Crippen LogP contribution in [0.25, 0.3) is 0 Å². The Kier molecular flexibility index (Phi) is 11.1. The molecule has 1 heterocycles. The van der Waals surface area contributed by atoms with Crippen LogP contribution in [0.4, 0.5) is 0 Å². The summed E-state index contributed by atoms with van der Waals surface area (Å²) in [6, 6.07) is 0. The van der Waals surface area contributed by atoms with Gasteiger partial charge in [0.1, 0.15) is 0 Å². The zero-order valence-electron chi connectivity index (χ0n) is 5.62. The van der Waals surface area contributed by atoms with Crippen molar-refractivity contribution in [2.24, 2.45) is 0 Å². The molecular formula is C2H4N3NaO3S2. The van der Waals surface area contributed by atoms with E-state index in [1.165, 1.54) is 4.09 Å². The molecule has 6 nitrogen and oxygen atoms in total. The standard InChI is InChI=1S/C2H3N3S.Na.H2O3S/c6-5-2-1-3-4-5;;1-4(2)3/h1-2,6H;;(H2,1,2,3)/q;+1;/p-1. The van der Waals surface area contributed by atoms with Gasteiger partial charge in [-0.25, -0.2) is 4.21 Å². The second-order valence-corrected chi connectivity index (χ2v) is 1.88. The summed E-state index contributed by atoms with van der Waals surface area (Å²) in [7, 11) is 0. The van der Waals surface area contributed by atoms with Gasteiger partial charge in [-0.1, -0.05) is 5.21 Å². The van der Waals surface area contributed by atoms with E-state index in [0.29, 0.717) is 0 Å². The molecule has 0 fully saturated rings. The molecule has 0 saturated carbocycles. The van der Waals surface area contributed by atoms with E-state index < -0.39 is 11.4 Å². The van der Waals surface area contributed by atoms with E-state index in [1.54, 1.807) is 12.4 Å². The molecule has 0 aliphatic rings. The van der Waals surface area contributed by atoms with Crippen molar-refractivity contribution in [1.82, 2.24) is 14.4 Å². The van der Waals surface area contributed by atoms with Crippen LogP contribution in [0, 0.1) is 0 Å². The Bertz CT molecular complexity index is 188. The first-order valence-electron chi connectivity index (χ1n) is 1.97. The molecular weight excluding hydrogens is 201 g/mol. The van der Waals surface area contributed by atoms with Crippen LogP contribution in [0.5, 0.6) is 0 Å². The fraction of sp³-hybridized carbons (Fsp3) is 0. The number of aromatic nitrogens is 3. The monoisotopic (exact) mass is 205 g/mol. The van der Waals surface area contributed by atoms with Crippen molar-refractivity contribution in [2.75, 3.05) is 0 Å². The van der Waals surface area contributed by atoms with Crippen molar-refractivity contribution in [2.45, 2.75) is 0 Å². The van der Waals surface area contributed by atoms with Crippen molar-refractivity contribution in [3.63, 3.8) is 0 Å². The predicted molar refractivity (Wildman–Crippen MR) is 36.0 cm³/mol. The largest absolute Gasteiger partial charge is 1.00 e. The summed E-state index contributed by atoms with van der Waals surface area (Å²) in [5, 5.41) is 6.91. The first kappa shape index (κ1) is 14.1. The molecule has 0 amide bonds. The van der Waals surface area contributed by atoms with Crippen molar-refractivity contribution >= 4 is 24.2 Å². The van der Waals surface area contributed by atoms with E-state index >= 15 is 0 Å². The van der Waals surface area contributed by atoms with Crippen molar-refractivity contribution in [1.29, 1.82) is 0 Å². The fourth-order valence-electron chi connectivity index (χ4n) is 0.202. The summed E-state index contributed by atoms with van der Waals surface area (Å²) < 4.78 is 25.4. The van der Waals surface area contributed by atoms with Crippen LogP contribution < -0.4 is 29.6 Å². The maximum atomic E-state index is 8.56. The van der Waals surface area contributed by atoms with Gasteiger partial charge >= 0.3 is 29.6 Å². The van der Waals surface area contributed by atoms with E-state index in [1.807, 2.05) is 0 Å². The zero-order chi connectivity index (χ0) is 7.98. The normalized spacial score (nSPS) is 10.5. The topological polar surface area (TPSA) is 91.1 Å². The van der Waals surface area contributed by atoms with Gasteiger partial charge in [-0.05, 0) is 12.8 Å². The summed E-state index contributed by atoms with van der Waals surface area (Å²) in [4.78, 5) is 0. The fourth-order valence-corrected chi connectivity index (χ4v) is 0.308. The molecule has 0 bridgehead atoms. The molecule has 11 heavy (non-hydrogen) atoms. The van der Waals surface area contributed by atoms with E-state index in [9.17, 15) is 0 Å². The van der Waals surface area contributed by atoms with Gasteiger partial charge in [0.25, 0.3) is 0 Å². The van der Waals surface area contributed by atoms with Crippen LogP contribution >= 0.6 is 12.8 Å². The van der Waals surface area contributed by atoms with Crippen LogP contribution in [0.2, 0.25) is 0 Å². The average molecular weight is 205 g/mol. The Morgan fingerprint density at radius 1 is 1.73 bits per heavy atom. The molecule has 58 valence electrons. The summed E-state index contributed by atoms with van der Waals surface area (Å²) in [5.41, 5.74) is 0. The van der Waals surface area contributed by atoms with Crippen molar-refractivity contribution < 1.29 is 42.9 Å². The number of hydrogen-bond donors (Lipinski definition) is 2. The molecule has 1 rings (SSSR count). The van der Waals surface area contributed by atoms with Crippen LogP contribution in [-0.4, -0.2) is 27.7 Å². The van der Waals surface area contributed by atoms with E-state index in [0.717, 1.165) is 0 Å². The third-order valence-electron chi connectivity index (χ3n) is 0.410. The van der Waals surface area contributed by atoms with Crippen LogP contribution in [0.3, 0.4) is 0 Å². The number of nitrogens with zero attached hydrogens (tertiary/aromatic N) is 3. The molecule has 0 aliphatic carbocycles. The van der Waals surface area contributed by atoms with Crippen molar-refractivity contribution in [3.05, 3.63) is 12.4 Å². The summed E-state index contributed by atoms with van der Waals surface area (Å²) in [6.07, 6.45) is 3.20. The first-order chi connectivity index (χ1) is 4.63. The van der Waals surface area contributed by atoms with Gasteiger partial charge in [0.15, 0.2) is 0 Å². The molecule has 1 aromatic heterocycles. The van der Waals surface area contributed by atoms with Crippen molar-refractivity contribution in [3.8, 4) is 0 Å². The van der Waals surface area contributed by atoms with Gasteiger partial charge in [-0.3, -0.25) is 0 Å². The number of rotatable bonds is 0. The maximum Gasteiger partial charge on any atom is 1.00 e. The Balaban J connectivity index is 0. The average Bonchev–Trinajstić information content (AvgIpc) is 2.15. The Morgan fingerprint density at radius 3 is 2.27 bits per heavy atom. The molecule has 1 atom stereocenters. The molecule has 1 unspecified atom stereocenters. The van der Waals surface area contributed by atoms with Gasteiger partial charge in [0.2, 0.25) is 0 Å². The molecule has 0 aromatic carbocycles. The molecule has 1 N–H and O–H groups in total. The zero-order valence-corrected chi connectivity index (χ0v) is 9.33. The second kappa shape index (κ2) is 8.65. The Hall–Kier alpha value is 0.560. The van der Waals surface area contributed by atoms with Gasteiger partial charge in [0.05, 0.1) is 23.8 Å². The van der Waals surface area contributed by atoms with E-state index in [2.05, 4.69) is 23.1 Å². The van der Waals surface area contributed by atoms with E-state index in [-0.39, 0.29) is 29.6 Å². The predicted octanol–water partition coefficient (Wildman–Crippen LogP) is -3.69. The van der Waals surface area contributed by atoms with Gasteiger partial charge in [-0.2, -0.15) is 4.09 Å². The molecule has 0 spiro atoms. The van der Waals surface area contributed by atoms with Crippen LogP contribution in [0.15, 0.2) is 12.4 Å². The quantitative estimate of drug-likeness (QED) is 0.258. The minimum Gasteiger partial charge on any atom is -0.750 e. The van der Waals surface area contributed by atoms with Gasteiger partial charge in [-0.15, -0.1) is 5.10 Å². The minimum atomic E-state index is -2.86. The third-order valence-corrected chi connectivity index (χ3v) is 0.623.